The molecule has 1 atom stereocenters. The van der Waals surface area contributed by atoms with Crippen LogP contribution in [0.1, 0.15) is 51.5 Å². The number of aliphatic imine (C=N–C) groups is 1. The average molecular weight is 419 g/mol. The Labute approximate surface area is 180 Å². The first-order chi connectivity index (χ1) is 14.6. The minimum atomic E-state index is -0.204. The van der Waals surface area contributed by atoms with Crippen LogP contribution in [0.2, 0.25) is 0 Å². The number of aliphatic hydroxyl groups is 1. The average Bonchev–Trinajstić information content (AvgIpc) is 2.76. The number of amides is 1. The molecule has 1 saturated heterocycles. The van der Waals surface area contributed by atoms with Crippen molar-refractivity contribution in [2.24, 2.45) is 22.6 Å². The molecule has 1 aromatic rings. The van der Waals surface area contributed by atoms with E-state index in [4.69, 9.17) is 10.7 Å². The summed E-state index contributed by atoms with van der Waals surface area (Å²) in [6.07, 6.45) is 6.32. The predicted octanol–water partition coefficient (Wildman–Crippen LogP) is 1.64. The zero-order valence-electron chi connectivity index (χ0n) is 18.4. The number of carbonyl (C=O) groups is 1. The molecule has 1 amide bonds. The zero-order valence-corrected chi connectivity index (χ0v) is 18.4. The van der Waals surface area contributed by atoms with Gasteiger partial charge < -0.3 is 26.4 Å². The Balaban J connectivity index is 2.02. The van der Waals surface area contributed by atoms with E-state index in [9.17, 15) is 9.90 Å². The number of aliphatic hydroxyl groups excluding tert-OH is 1. The van der Waals surface area contributed by atoms with Crippen LogP contribution in [0.3, 0.4) is 0 Å². The van der Waals surface area contributed by atoms with Gasteiger partial charge in [-0.15, -0.1) is 0 Å². The Morgan fingerprint density at radius 1 is 1.33 bits per heavy atom. The van der Waals surface area contributed by atoms with Crippen molar-refractivity contribution < 1.29 is 9.90 Å². The van der Waals surface area contributed by atoms with Crippen LogP contribution in [-0.2, 0) is 11.3 Å². The molecule has 8 nitrogen and oxygen atoms in total. The molecule has 1 aromatic heterocycles. The van der Waals surface area contributed by atoms with Gasteiger partial charge >= 0.3 is 0 Å². The Morgan fingerprint density at radius 2 is 2.10 bits per heavy atom. The lowest BCUT2D eigenvalue weighted by Gasteiger charge is -2.32. The van der Waals surface area contributed by atoms with E-state index in [1.807, 2.05) is 13.0 Å². The zero-order chi connectivity index (χ0) is 21.8. The molecule has 1 aliphatic heterocycles. The van der Waals surface area contributed by atoms with Crippen molar-refractivity contribution in [3.63, 3.8) is 0 Å². The number of piperidine rings is 1. The van der Waals surface area contributed by atoms with Crippen LogP contribution in [0, 0.1) is 11.8 Å². The molecule has 0 spiro atoms. The first kappa shape index (κ1) is 23.9. The number of rotatable bonds is 11. The van der Waals surface area contributed by atoms with Gasteiger partial charge in [0, 0.05) is 50.5 Å². The Hall–Kier alpha value is -2.35. The van der Waals surface area contributed by atoms with E-state index in [1.165, 1.54) is 0 Å². The fourth-order valence-electron chi connectivity index (χ4n) is 3.90. The van der Waals surface area contributed by atoms with Crippen molar-refractivity contribution in [2.45, 2.75) is 52.5 Å². The number of nitrogens with two attached hydrogens (primary N) is 1. The quantitative estimate of drug-likeness (QED) is 0.321. The van der Waals surface area contributed by atoms with Gasteiger partial charge in [0.05, 0.1) is 6.54 Å². The summed E-state index contributed by atoms with van der Waals surface area (Å²) in [4.78, 5) is 23.0. The topological polar surface area (TPSA) is 116 Å². The fourth-order valence-corrected chi connectivity index (χ4v) is 3.90. The van der Waals surface area contributed by atoms with E-state index in [2.05, 4.69) is 33.5 Å². The number of nitrogens with zero attached hydrogens (tertiary/aromatic N) is 3. The van der Waals surface area contributed by atoms with E-state index >= 15 is 0 Å². The van der Waals surface area contributed by atoms with Crippen molar-refractivity contribution >= 4 is 17.7 Å². The lowest BCUT2D eigenvalue weighted by Crippen LogP contribution is -2.40. The highest BCUT2D eigenvalue weighted by Crippen LogP contribution is 2.24. The third-order valence-electron chi connectivity index (χ3n) is 5.61. The maximum atomic E-state index is 11.4. The number of anilines is 1. The lowest BCUT2D eigenvalue weighted by atomic mass is 9.96. The van der Waals surface area contributed by atoms with Crippen molar-refractivity contribution in [3.05, 3.63) is 23.9 Å². The molecule has 8 heteroatoms. The molecule has 30 heavy (non-hydrogen) atoms. The highest BCUT2D eigenvalue weighted by Gasteiger charge is 2.24. The summed E-state index contributed by atoms with van der Waals surface area (Å²) < 4.78 is 0. The van der Waals surface area contributed by atoms with Gasteiger partial charge in [0.15, 0.2) is 5.96 Å². The lowest BCUT2D eigenvalue weighted by molar-refractivity contribution is -0.122. The molecule has 1 unspecified atom stereocenters. The minimum Gasteiger partial charge on any atom is -0.396 e. The second-order valence-electron chi connectivity index (χ2n) is 7.89. The summed E-state index contributed by atoms with van der Waals surface area (Å²) in [7, 11) is 0. The second kappa shape index (κ2) is 13.1. The summed E-state index contributed by atoms with van der Waals surface area (Å²) in [5, 5.41) is 16.0. The van der Waals surface area contributed by atoms with Gasteiger partial charge in [-0.2, -0.15) is 0 Å². The number of hydrogen-bond donors (Lipinski definition) is 4. The van der Waals surface area contributed by atoms with Crippen LogP contribution in [-0.4, -0.2) is 54.7 Å². The van der Waals surface area contributed by atoms with Crippen LogP contribution in [0.4, 0.5) is 5.82 Å². The molecule has 2 rings (SSSR count). The summed E-state index contributed by atoms with van der Waals surface area (Å²) in [5.41, 5.74) is 6.52. The van der Waals surface area contributed by atoms with E-state index in [0.29, 0.717) is 12.5 Å². The molecule has 0 aliphatic carbocycles. The smallest absolute Gasteiger partial charge is 0.220 e. The molecular weight excluding hydrogens is 380 g/mol. The SMILES string of the molecule is CCCC(CCO)CNC(=NCc1cccnc1N1CCC(C(N)=O)CC1)NCC. The van der Waals surface area contributed by atoms with Gasteiger partial charge in [-0.05, 0) is 44.6 Å². The van der Waals surface area contributed by atoms with Crippen LogP contribution in [0.15, 0.2) is 23.3 Å². The van der Waals surface area contributed by atoms with Gasteiger partial charge in [0.2, 0.25) is 5.91 Å². The minimum absolute atomic E-state index is 0.0361. The maximum absolute atomic E-state index is 11.4. The first-order valence-electron chi connectivity index (χ1n) is 11.2. The Morgan fingerprint density at radius 3 is 2.73 bits per heavy atom. The van der Waals surface area contributed by atoms with Crippen molar-refractivity contribution in [2.75, 3.05) is 37.7 Å². The maximum Gasteiger partial charge on any atom is 0.220 e. The van der Waals surface area contributed by atoms with E-state index in [-0.39, 0.29) is 18.4 Å². The Bertz CT molecular complexity index is 667. The molecule has 1 aliphatic rings. The number of guanidine groups is 1. The summed E-state index contributed by atoms with van der Waals surface area (Å²) in [6, 6.07) is 3.99. The molecule has 168 valence electrons. The number of primary amides is 1. The summed E-state index contributed by atoms with van der Waals surface area (Å²) >= 11 is 0. The second-order valence-corrected chi connectivity index (χ2v) is 7.89. The van der Waals surface area contributed by atoms with E-state index < -0.39 is 0 Å². The van der Waals surface area contributed by atoms with Crippen molar-refractivity contribution in [1.29, 1.82) is 0 Å². The van der Waals surface area contributed by atoms with Gasteiger partial charge in [0.25, 0.3) is 0 Å². The van der Waals surface area contributed by atoms with Gasteiger partial charge in [-0.1, -0.05) is 19.4 Å². The van der Waals surface area contributed by atoms with E-state index in [0.717, 1.165) is 75.6 Å². The number of hydrogen-bond acceptors (Lipinski definition) is 5. The first-order valence-corrected chi connectivity index (χ1v) is 11.2. The summed E-state index contributed by atoms with van der Waals surface area (Å²) in [6.45, 7) is 8.08. The molecule has 0 aromatic carbocycles. The van der Waals surface area contributed by atoms with Crippen LogP contribution in [0.25, 0.3) is 0 Å². The van der Waals surface area contributed by atoms with Gasteiger partial charge in [-0.25, -0.2) is 9.98 Å². The van der Waals surface area contributed by atoms with Crippen LogP contribution < -0.4 is 21.3 Å². The number of carbonyl (C=O) groups excluding carboxylic acids is 1. The largest absolute Gasteiger partial charge is 0.396 e. The van der Waals surface area contributed by atoms with Gasteiger partial charge in [0.1, 0.15) is 5.82 Å². The number of nitrogens with one attached hydrogen (secondary N) is 2. The third kappa shape index (κ3) is 7.48. The highest BCUT2D eigenvalue weighted by molar-refractivity contribution is 5.80. The number of aromatic nitrogens is 1. The highest BCUT2D eigenvalue weighted by atomic mass is 16.3. The van der Waals surface area contributed by atoms with Gasteiger partial charge in [-0.3, -0.25) is 4.79 Å². The third-order valence-corrected chi connectivity index (χ3v) is 5.61. The molecule has 2 heterocycles. The van der Waals surface area contributed by atoms with Crippen molar-refractivity contribution in [1.82, 2.24) is 15.6 Å². The standard InChI is InChI=1S/C22H38N6O2/c1-3-6-17(10-14-29)15-26-22(24-4-2)27-16-19-7-5-11-25-21(19)28-12-8-18(9-13-28)20(23)30/h5,7,11,17-18,29H,3-4,6,8-10,12-16H2,1-2H3,(H2,23,30)(H2,24,26,27). The monoisotopic (exact) mass is 418 g/mol. The molecule has 5 N–H and O–H groups in total. The normalized spacial score (nSPS) is 16.4. The summed E-state index contributed by atoms with van der Waals surface area (Å²) in [5.74, 6) is 1.91. The predicted molar refractivity (Wildman–Crippen MR) is 121 cm³/mol. The van der Waals surface area contributed by atoms with E-state index in [1.54, 1.807) is 6.20 Å². The molecule has 0 bridgehead atoms. The van der Waals surface area contributed by atoms with Crippen molar-refractivity contribution in [3.8, 4) is 0 Å². The molecule has 1 fully saturated rings. The molecule has 0 radical (unpaired) electrons. The number of pyridine rings is 1. The Kier molecular flexibility index (Phi) is 10.4. The molecular formula is C22H38N6O2. The molecule has 0 saturated carbocycles. The fraction of sp³-hybridized carbons (Fsp3) is 0.682. The van der Waals surface area contributed by atoms with Crippen LogP contribution >= 0.6 is 0 Å². The van der Waals surface area contributed by atoms with Crippen LogP contribution in [0.5, 0.6) is 0 Å².